The minimum atomic E-state index is -0.677. The Balaban J connectivity index is 1.25. The van der Waals surface area contributed by atoms with Gasteiger partial charge in [-0.3, -0.25) is 9.69 Å². The second-order valence-electron chi connectivity index (χ2n) is 11.1. The molecule has 6 nitrogen and oxygen atoms in total. The number of piperidine rings is 1. The van der Waals surface area contributed by atoms with Gasteiger partial charge in [0.2, 0.25) is 5.91 Å². The molecular formula is C30H35FN4O2. The molecule has 1 aliphatic carbocycles. The molecule has 2 heterocycles. The number of benzene rings is 3. The first-order valence-electron chi connectivity index (χ1n) is 13.3. The van der Waals surface area contributed by atoms with E-state index in [0.29, 0.717) is 38.6 Å². The SMILES string of the molecule is CN(C)C[C@@H](O)CN1CN(c2ccc(F)cc2)C2(CCN([C@@H]3Cc4cccc5cccc3c45)CC2)C1=O. The van der Waals surface area contributed by atoms with E-state index in [4.69, 9.17) is 0 Å². The van der Waals surface area contributed by atoms with Crippen molar-refractivity contribution in [3.05, 3.63) is 77.6 Å². The molecule has 1 N–H and O–H groups in total. The van der Waals surface area contributed by atoms with Crippen LogP contribution in [0.3, 0.4) is 0 Å². The van der Waals surface area contributed by atoms with Gasteiger partial charge in [-0.15, -0.1) is 0 Å². The zero-order valence-electron chi connectivity index (χ0n) is 21.6. The molecule has 2 aliphatic heterocycles. The number of likely N-dealkylation sites (tertiary alicyclic amines) is 1. The van der Waals surface area contributed by atoms with Gasteiger partial charge in [-0.1, -0.05) is 36.4 Å². The highest BCUT2D eigenvalue weighted by Crippen LogP contribution is 2.45. The minimum Gasteiger partial charge on any atom is -0.390 e. The van der Waals surface area contributed by atoms with Crippen molar-refractivity contribution in [2.45, 2.75) is 36.9 Å². The smallest absolute Gasteiger partial charge is 0.250 e. The molecule has 7 heteroatoms. The first kappa shape index (κ1) is 24.3. The third-order valence-electron chi connectivity index (χ3n) is 8.52. The maximum Gasteiger partial charge on any atom is 0.250 e. The molecule has 3 aliphatic rings. The highest BCUT2D eigenvalue weighted by Gasteiger charge is 2.54. The molecule has 6 rings (SSSR count). The Morgan fingerprint density at radius 2 is 1.76 bits per heavy atom. The number of carbonyl (C=O) groups is 1. The monoisotopic (exact) mass is 502 g/mol. The predicted octanol–water partition coefficient (Wildman–Crippen LogP) is 3.64. The number of hydrogen-bond acceptors (Lipinski definition) is 5. The molecule has 2 atom stereocenters. The Hall–Kier alpha value is -3.00. The Bertz CT molecular complexity index is 1300. The van der Waals surface area contributed by atoms with Gasteiger partial charge in [0.1, 0.15) is 11.4 Å². The molecular weight excluding hydrogens is 467 g/mol. The molecule has 1 spiro atoms. The fourth-order valence-corrected chi connectivity index (χ4v) is 6.84. The van der Waals surface area contributed by atoms with E-state index in [1.165, 1.54) is 34.0 Å². The van der Waals surface area contributed by atoms with Crippen molar-refractivity contribution >= 4 is 22.4 Å². The molecule has 2 fully saturated rings. The Kier molecular flexibility index (Phi) is 6.18. The quantitative estimate of drug-likeness (QED) is 0.558. The van der Waals surface area contributed by atoms with Gasteiger partial charge in [0.05, 0.1) is 12.8 Å². The molecule has 0 radical (unpaired) electrons. The number of carbonyl (C=O) groups excluding carboxylic acids is 1. The maximum atomic E-state index is 14.0. The van der Waals surface area contributed by atoms with E-state index < -0.39 is 11.6 Å². The molecule has 0 saturated carbocycles. The van der Waals surface area contributed by atoms with Crippen molar-refractivity contribution < 1.29 is 14.3 Å². The largest absolute Gasteiger partial charge is 0.390 e. The zero-order valence-corrected chi connectivity index (χ0v) is 21.6. The van der Waals surface area contributed by atoms with Crippen LogP contribution in [-0.4, -0.2) is 84.3 Å². The van der Waals surface area contributed by atoms with Gasteiger partial charge in [0.15, 0.2) is 0 Å². The summed E-state index contributed by atoms with van der Waals surface area (Å²) in [7, 11) is 3.83. The highest BCUT2D eigenvalue weighted by molar-refractivity contribution is 5.94. The Labute approximate surface area is 217 Å². The van der Waals surface area contributed by atoms with Crippen LogP contribution in [0.15, 0.2) is 60.7 Å². The number of amides is 1. The molecule has 2 saturated heterocycles. The lowest BCUT2D eigenvalue weighted by atomic mass is 9.84. The molecule has 1 amide bonds. The van der Waals surface area contributed by atoms with Crippen LogP contribution in [0.5, 0.6) is 0 Å². The second-order valence-corrected chi connectivity index (χ2v) is 11.1. The first-order valence-corrected chi connectivity index (χ1v) is 13.3. The summed E-state index contributed by atoms with van der Waals surface area (Å²) in [6, 6.07) is 20.0. The summed E-state index contributed by atoms with van der Waals surface area (Å²) in [6.07, 6.45) is 1.78. The third-order valence-corrected chi connectivity index (χ3v) is 8.52. The predicted molar refractivity (Wildman–Crippen MR) is 144 cm³/mol. The number of rotatable bonds is 6. The summed E-state index contributed by atoms with van der Waals surface area (Å²) in [4.78, 5) is 22.4. The van der Waals surface area contributed by atoms with E-state index in [0.717, 1.165) is 25.2 Å². The summed E-state index contributed by atoms with van der Waals surface area (Å²) in [5, 5.41) is 13.3. The first-order chi connectivity index (χ1) is 17.9. The van der Waals surface area contributed by atoms with Crippen molar-refractivity contribution in [2.24, 2.45) is 0 Å². The van der Waals surface area contributed by atoms with Crippen LogP contribution in [-0.2, 0) is 11.2 Å². The summed E-state index contributed by atoms with van der Waals surface area (Å²) < 4.78 is 13.7. The number of anilines is 1. The van der Waals surface area contributed by atoms with E-state index in [1.54, 1.807) is 17.0 Å². The van der Waals surface area contributed by atoms with Gasteiger partial charge in [0, 0.05) is 37.9 Å². The van der Waals surface area contributed by atoms with Crippen LogP contribution in [0.25, 0.3) is 10.8 Å². The number of nitrogens with zero attached hydrogens (tertiary/aromatic N) is 4. The number of hydrogen-bond donors (Lipinski definition) is 1. The van der Waals surface area contributed by atoms with Crippen LogP contribution in [0.2, 0.25) is 0 Å². The van der Waals surface area contributed by atoms with E-state index in [1.807, 2.05) is 19.0 Å². The average Bonchev–Trinajstić information content (AvgIpc) is 3.38. The van der Waals surface area contributed by atoms with Gasteiger partial charge in [0.25, 0.3) is 0 Å². The van der Waals surface area contributed by atoms with E-state index in [-0.39, 0.29) is 11.7 Å². The van der Waals surface area contributed by atoms with Gasteiger partial charge >= 0.3 is 0 Å². The van der Waals surface area contributed by atoms with Crippen molar-refractivity contribution in [1.29, 1.82) is 0 Å². The third kappa shape index (κ3) is 4.19. The maximum absolute atomic E-state index is 14.0. The highest BCUT2D eigenvalue weighted by atomic mass is 19.1. The molecule has 194 valence electrons. The van der Waals surface area contributed by atoms with Crippen LogP contribution < -0.4 is 4.90 Å². The van der Waals surface area contributed by atoms with E-state index in [9.17, 15) is 14.3 Å². The van der Waals surface area contributed by atoms with Crippen LogP contribution in [0.1, 0.15) is 30.0 Å². The van der Waals surface area contributed by atoms with Crippen molar-refractivity contribution in [2.75, 3.05) is 51.8 Å². The molecule has 37 heavy (non-hydrogen) atoms. The molecule has 3 aromatic rings. The number of halogens is 1. The summed E-state index contributed by atoms with van der Waals surface area (Å²) in [5.74, 6) is -0.211. The van der Waals surface area contributed by atoms with Gasteiger partial charge in [-0.2, -0.15) is 0 Å². The lowest BCUT2D eigenvalue weighted by Gasteiger charge is -2.45. The zero-order chi connectivity index (χ0) is 25.7. The lowest BCUT2D eigenvalue weighted by molar-refractivity contribution is -0.135. The summed E-state index contributed by atoms with van der Waals surface area (Å²) in [5.41, 5.74) is 2.98. The van der Waals surface area contributed by atoms with Gasteiger partial charge < -0.3 is 19.8 Å². The van der Waals surface area contributed by atoms with Crippen molar-refractivity contribution in [3.63, 3.8) is 0 Å². The number of likely N-dealkylation sites (N-methyl/N-ethyl adjacent to an activating group) is 1. The van der Waals surface area contributed by atoms with Crippen LogP contribution >= 0.6 is 0 Å². The minimum absolute atomic E-state index is 0.0751. The molecule has 3 aromatic carbocycles. The number of aliphatic hydroxyl groups excluding tert-OH is 1. The summed E-state index contributed by atoms with van der Waals surface area (Å²) in [6.45, 7) is 2.82. The number of aliphatic hydroxyl groups is 1. The fourth-order valence-electron chi connectivity index (χ4n) is 6.84. The van der Waals surface area contributed by atoms with Crippen molar-refractivity contribution in [1.82, 2.24) is 14.7 Å². The van der Waals surface area contributed by atoms with E-state index >= 15 is 0 Å². The molecule has 0 unspecified atom stereocenters. The van der Waals surface area contributed by atoms with Gasteiger partial charge in [-0.25, -0.2) is 4.39 Å². The van der Waals surface area contributed by atoms with E-state index in [2.05, 4.69) is 46.2 Å². The van der Waals surface area contributed by atoms with Crippen LogP contribution in [0.4, 0.5) is 10.1 Å². The number of β-amino-alcohol motifs (C(OH)–C–C–N with tert-alkyl or cyclic N) is 1. The van der Waals surface area contributed by atoms with Crippen LogP contribution in [0, 0.1) is 5.82 Å². The standard InChI is InChI=1S/C30H35FN4O2/c1-32(2)18-25(36)19-34-20-35(24-11-9-23(31)10-12-24)30(29(34)37)13-15-33(16-14-30)27-17-22-7-3-5-21-6-4-8-26(27)28(21)22/h3-12,25,27,36H,13-20H2,1-2H3/t25-,27-/m1/s1. The average molecular weight is 503 g/mol. The molecule has 0 aromatic heterocycles. The van der Waals surface area contributed by atoms with Gasteiger partial charge in [-0.05, 0) is 79.5 Å². The lowest BCUT2D eigenvalue weighted by Crippen LogP contribution is -2.57. The Morgan fingerprint density at radius 1 is 1.05 bits per heavy atom. The molecule has 0 bridgehead atoms. The topological polar surface area (TPSA) is 50.3 Å². The fraction of sp³-hybridized carbons (Fsp3) is 0.433. The second kappa shape index (κ2) is 9.39. The normalized spacial score (nSPS) is 22.1. The summed E-state index contributed by atoms with van der Waals surface area (Å²) >= 11 is 0. The van der Waals surface area contributed by atoms with Crippen molar-refractivity contribution in [3.8, 4) is 0 Å². The Morgan fingerprint density at radius 3 is 2.46 bits per heavy atom.